The van der Waals surface area contributed by atoms with Crippen LogP contribution in [0.5, 0.6) is 0 Å². The van der Waals surface area contributed by atoms with E-state index in [9.17, 15) is 0 Å². The second-order valence-corrected chi connectivity index (χ2v) is 5.13. The third-order valence-corrected chi connectivity index (χ3v) is 3.65. The number of rotatable bonds is 6. The molecule has 3 nitrogen and oxygen atoms in total. The molecule has 0 aromatic carbocycles. The Labute approximate surface area is 94.6 Å². The summed E-state index contributed by atoms with van der Waals surface area (Å²) in [6.45, 7) is 3.07. The SMILES string of the molecule is CN(C)CCN(C)C(CN)C1CCCC1. The molecule has 2 N–H and O–H groups in total. The summed E-state index contributed by atoms with van der Waals surface area (Å²) in [5.74, 6) is 0.849. The van der Waals surface area contributed by atoms with E-state index in [1.807, 2.05) is 0 Å². The Morgan fingerprint density at radius 3 is 2.20 bits per heavy atom. The van der Waals surface area contributed by atoms with Gasteiger partial charge in [-0.1, -0.05) is 12.8 Å². The van der Waals surface area contributed by atoms with E-state index in [2.05, 4.69) is 30.9 Å². The lowest BCUT2D eigenvalue weighted by Gasteiger charge is -2.32. The highest BCUT2D eigenvalue weighted by Crippen LogP contribution is 2.29. The third kappa shape index (κ3) is 4.09. The lowest BCUT2D eigenvalue weighted by Crippen LogP contribution is -2.45. The highest BCUT2D eigenvalue weighted by molar-refractivity contribution is 4.82. The van der Waals surface area contributed by atoms with Crippen LogP contribution in [-0.2, 0) is 0 Å². The van der Waals surface area contributed by atoms with Crippen LogP contribution in [0.3, 0.4) is 0 Å². The summed E-state index contributed by atoms with van der Waals surface area (Å²) in [4.78, 5) is 4.69. The van der Waals surface area contributed by atoms with Crippen LogP contribution in [0, 0.1) is 5.92 Å². The summed E-state index contributed by atoms with van der Waals surface area (Å²) in [7, 11) is 6.47. The Kier molecular flexibility index (Phi) is 5.58. The predicted octanol–water partition coefficient (Wildman–Crippen LogP) is 0.997. The maximum Gasteiger partial charge on any atom is 0.0244 e. The molecular weight excluding hydrogens is 186 g/mol. The molecule has 1 fully saturated rings. The number of nitrogens with zero attached hydrogens (tertiary/aromatic N) is 2. The Balaban J connectivity index is 2.35. The standard InChI is InChI=1S/C12H27N3/c1-14(2)8-9-15(3)12(10-13)11-6-4-5-7-11/h11-12H,4-10,13H2,1-3H3. The predicted molar refractivity (Wildman–Crippen MR) is 66.0 cm³/mol. The molecule has 0 heterocycles. The van der Waals surface area contributed by atoms with Gasteiger partial charge >= 0.3 is 0 Å². The van der Waals surface area contributed by atoms with Crippen molar-refractivity contribution >= 4 is 0 Å². The van der Waals surface area contributed by atoms with Gasteiger partial charge in [0.05, 0.1) is 0 Å². The van der Waals surface area contributed by atoms with Gasteiger partial charge in [-0.2, -0.15) is 0 Å². The first kappa shape index (κ1) is 12.9. The molecule has 1 aliphatic rings. The first-order valence-electron chi connectivity index (χ1n) is 6.20. The zero-order valence-corrected chi connectivity index (χ0v) is 10.6. The Bertz CT molecular complexity index is 164. The van der Waals surface area contributed by atoms with Crippen LogP contribution in [0.4, 0.5) is 0 Å². The van der Waals surface area contributed by atoms with Gasteiger partial charge in [-0.05, 0) is 39.9 Å². The molecule has 1 unspecified atom stereocenters. The van der Waals surface area contributed by atoms with Crippen LogP contribution in [-0.4, -0.2) is 56.6 Å². The van der Waals surface area contributed by atoms with Gasteiger partial charge in [0.2, 0.25) is 0 Å². The van der Waals surface area contributed by atoms with Crippen molar-refractivity contribution < 1.29 is 0 Å². The molecule has 0 aliphatic heterocycles. The molecule has 0 radical (unpaired) electrons. The Hall–Kier alpha value is -0.120. The maximum atomic E-state index is 5.90. The van der Waals surface area contributed by atoms with Crippen LogP contribution >= 0.6 is 0 Å². The molecule has 1 saturated carbocycles. The minimum atomic E-state index is 0.604. The van der Waals surface area contributed by atoms with Gasteiger partial charge in [0.25, 0.3) is 0 Å². The Morgan fingerprint density at radius 1 is 1.13 bits per heavy atom. The molecule has 0 spiro atoms. The van der Waals surface area contributed by atoms with E-state index in [1.165, 1.54) is 25.7 Å². The van der Waals surface area contributed by atoms with Crippen molar-refractivity contribution in [2.45, 2.75) is 31.7 Å². The number of nitrogens with two attached hydrogens (primary N) is 1. The molecule has 15 heavy (non-hydrogen) atoms. The molecule has 0 bridgehead atoms. The number of likely N-dealkylation sites (N-methyl/N-ethyl adjacent to an activating group) is 2. The number of hydrogen-bond donors (Lipinski definition) is 1. The minimum absolute atomic E-state index is 0.604. The van der Waals surface area contributed by atoms with E-state index in [-0.39, 0.29) is 0 Å². The van der Waals surface area contributed by atoms with Crippen LogP contribution in [0.2, 0.25) is 0 Å². The van der Waals surface area contributed by atoms with E-state index >= 15 is 0 Å². The first-order valence-corrected chi connectivity index (χ1v) is 6.20. The molecule has 0 amide bonds. The van der Waals surface area contributed by atoms with Crippen molar-refractivity contribution in [3.05, 3.63) is 0 Å². The van der Waals surface area contributed by atoms with E-state index in [1.54, 1.807) is 0 Å². The van der Waals surface area contributed by atoms with Crippen LogP contribution in [0.25, 0.3) is 0 Å². The normalized spacial score (nSPS) is 20.4. The lowest BCUT2D eigenvalue weighted by molar-refractivity contribution is 0.168. The van der Waals surface area contributed by atoms with E-state index in [0.29, 0.717) is 6.04 Å². The molecule has 0 saturated heterocycles. The quantitative estimate of drug-likeness (QED) is 0.714. The van der Waals surface area contributed by atoms with Crippen LogP contribution < -0.4 is 5.73 Å². The molecule has 1 aliphatic carbocycles. The van der Waals surface area contributed by atoms with Crippen molar-refractivity contribution in [2.24, 2.45) is 11.7 Å². The summed E-state index contributed by atoms with van der Waals surface area (Å²) >= 11 is 0. The average Bonchev–Trinajstić information content (AvgIpc) is 2.69. The molecule has 0 aromatic heterocycles. The zero-order chi connectivity index (χ0) is 11.3. The van der Waals surface area contributed by atoms with Crippen molar-refractivity contribution in [1.82, 2.24) is 9.80 Å². The first-order chi connectivity index (χ1) is 7.15. The molecule has 0 aromatic rings. The topological polar surface area (TPSA) is 32.5 Å². The van der Waals surface area contributed by atoms with Crippen molar-refractivity contribution in [2.75, 3.05) is 40.8 Å². The lowest BCUT2D eigenvalue weighted by atomic mass is 9.97. The van der Waals surface area contributed by atoms with Crippen molar-refractivity contribution in [3.8, 4) is 0 Å². The van der Waals surface area contributed by atoms with Gasteiger partial charge in [-0.25, -0.2) is 0 Å². The summed E-state index contributed by atoms with van der Waals surface area (Å²) in [5.41, 5.74) is 5.90. The molecular formula is C12H27N3. The fourth-order valence-electron chi connectivity index (χ4n) is 2.60. The molecule has 1 atom stereocenters. The molecule has 1 rings (SSSR count). The van der Waals surface area contributed by atoms with Crippen molar-refractivity contribution in [3.63, 3.8) is 0 Å². The Morgan fingerprint density at radius 2 is 1.73 bits per heavy atom. The fourth-order valence-corrected chi connectivity index (χ4v) is 2.60. The minimum Gasteiger partial charge on any atom is -0.329 e. The summed E-state index contributed by atoms with van der Waals surface area (Å²) in [5, 5.41) is 0. The monoisotopic (exact) mass is 213 g/mol. The maximum absolute atomic E-state index is 5.90. The van der Waals surface area contributed by atoms with E-state index in [0.717, 1.165) is 25.6 Å². The van der Waals surface area contributed by atoms with Crippen molar-refractivity contribution in [1.29, 1.82) is 0 Å². The van der Waals surface area contributed by atoms with Gasteiger partial charge in [-0.15, -0.1) is 0 Å². The smallest absolute Gasteiger partial charge is 0.0244 e. The van der Waals surface area contributed by atoms with Gasteiger partial charge in [0.1, 0.15) is 0 Å². The third-order valence-electron chi connectivity index (χ3n) is 3.65. The van der Waals surface area contributed by atoms with Crippen LogP contribution in [0.1, 0.15) is 25.7 Å². The summed E-state index contributed by atoms with van der Waals surface area (Å²) < 4.78 is 0. The fraction of sp³-hybridized carbons (Fsp3) is 1.00. The van der Waals surface area contributed by atoms with E-state index < -0.39 is 0 Å². The number of hydrogen-bond acceptors (Lipinski definition) is 3. The highest BCUT2D eigenvalue weighted by Gasteiger charge is 2.26. The van der Waals surface area contributed by atoms with E-state index in [4.69, 9.17) is 5.73 Å². The van der Waals surface area contributed by atoms with Crippen LogP contribution in [0.15, 0.2) is 0 Å². The molecule has 3 heteroatoms. The highest BCUT2D eigenvalue weighted by atomic mass is 15.2. The average molecular weight is 213 g/mol. The van der Waals surface area contributed by atoms with Gasteiger partial charge < -0.3 is 15.5 Å². The van der Waals surface area contributed by atoms with Gasteiger partial charge in [0.15, 0.2) is 0 Å². The molecule has 90 valence electrons. The van der Waals surface area contributed by atoms with Gasteiger partial charge in [-0.3, -0.25) is 0 Å². The van der Waals surface area contributed by atoms with Gasteiger partial charge in [0, 0.05) is 25.7 Å². The second-order valence-electron chi connectivity index (χ2n) is 5.13. The summed E-state index contributed by atoms with van der Waals surface area (Å²) in [6.07, 6.45) is 5.58. The second kappa shape index (κ2) is 6.46. The zero-order valence-electron chi connectivity index (χ0n) is 10.6. The summed E-state index contributed by atoms with van der Waals surface area (Å²) in [6, 6.07) is 0.604. The largest absolute Gasteiger partial charge is 0.329 e.